The third-order valence-electron chi connectivity index (χ3n) is 3.40. The maximum Gasteiger partial charge on any atom is 0.326 e. The summed E-state index contributed by atoms with van der Waals surface area (Å²) in [7, 11) is 0. The van der Waals surface area contributed by atoms with Gasteiger partial charge in [0.15, 0.2) is 11.5 Å². The lowest BCUT2D eigenvalue weighted by atomic mass is 10.1. The van der Waals surface area contributed by atoms with Crippen LogP contribution in [-0.2, 0) is 9.59 Å². The topological polar surface area (TPSA) is 139 Å². The van der Waals surface area contributed by atoms with E-state index in [0.29, 0.717) is 31.0 Å². The molecule has 1 aliphatic heterocycles. The maximum atomic E-state index is 10.4. The van der Waals surface area contributed by atoms with E-state index in [1.54, 1.807) is 6.07 Å². The van der Waals surface area contributed by atoms with E-state index in [0.717, 1.165) is 0 Å². The van der Waals surface area contributed by atoms with Gasteiger partial charge in [-0.2, -0.15) is 0 Å². The van der Waals surface area contributed by atoms with Crippen molar-refractivity contribution in [2.75, 3.05) is 6.54 Å². The first-order valence-electron chi connectivity index (χ1n) is 7.66. The molecule has 0 saturated carbocycles. The molecule has 1 unspecified atom stereocenters. The number of aliphatic hydroxyl groups excluding tert-OH is 1. The predicted octanol–water partition coefficient (Wildman–Crippen LogP) is 0.479. The van der Waals surface area contributed by atoms with Crippen LogP contribution in [0.15, 0.2) is 18.2 Å². The van der Waals surface area contributed by atoms with Gasteiger partial charge in [0, 0.05) is 19.0 Å². The highest BCUT2D eigenvalue weighted by Gasteiger charge is 2.26. The van der Waals surface area contributed by atoms with Gasteiger partial charge in [-0.15, -0.1) is 0 Å². The SMILES string of the molecule is CC(C)NCC(O)c1ccc(O)c(O)c1.O=C1CC[C@@H](C(=O)O)N1. The van der Waals surface area contributed by atoms with E-state index >= 15 is 0 Å². The first-order chi connectivity index (χ1) is 11.2. The molecule has 8 heteroatoms. The molecule has 6 N–H and O–H groups in total. The van der Waals surface area contributed by atoms with Gasteiger partial charge in [-0.3, -0.25) is 4.79 Å². The third-order valence-corrected chi connectivity index (χ3v) is 3.40. The molecule has 8 nitrogen and oxygen atoms in total. The molecule has 1 aromatic carbocycles. The first kappa shape index (κ1) is 19.7. The molecular formula is C16H24N2O6. The zero-order valence-electron chi connectivity index (χ0n) is 13.7. The number of hydrogen-bond donors (Lipinski definition) is 6. The number of rotatable bonds is 5. The average molecular weight is 340 g/mol. The van der Waals surface area contributed by atoms with Gasteiger partial charge in [0.05, 0.1) is 6.10 Å². The molecule has 0 bridgehead atoms. The van der Waals surface area contributed by atoms with E-state index in [1.165, 1.54) is 12.1 Å². The van der Waals surface area contributed by atoms with Crippen LogP contribution in [0.3, 0.4) is 0 Å². The lowest BCUT2D eigenvalue weighted by Crippen LogP contribution is -2.32. The highest BCUT2D eigenvalue weighted by atomic mass is 16.4. The predicted molar refractivity (Wildman–Crippen MR) is 86.7 cm³/mol. The van der Waals surface area contributed by atoms with Crippen LogP contribution in [0.5, 0.6) is 11.5 Å². The van der Waals surface area contributed by atoms with Crippen molar-refractivity contribution in [1.82, 2.24) is 10.6 Å². The average Bonchev–Trinajstić information content (AvgIpc) is 2.95. The van der Waals surface area contributed by atoms with Crippen LogP contribution in [0.1, 0.15) is 38.4 Å². The van der Waals surface area contributed by atoms with Gasteiger partial charge in [0.25, 0.3) is 0 Å². The van der Waals surface area contributed by atoms with Crippen molar-refractivity contribution in [2.45, 2.75) is 44.9 Å². The Morgan fingerprint density at radius 3 is 2.42 bits per heavy atom. The van der Waals surface area contributed by atoms with Gasteiger partial charge >= 0.3 is 5.97 Å². The second kappa shape index (κ2) is 9.09. The van der Waals surface area contributed by atoms with Crippen LogP contribution in [-0.4, -0.2) is 50.9 Å². The van der Waals surface area contributed by atoms with Gasteiger partial charge < -0.3 is 31.1 Å². The minimum atomic E-state index is -0.944. The molecule has 134 valence electrons. The van der Waals surface area contributed by atoms with Crippen molar-refractivity contribution in [1.29, 1.82) is 0 Å². The molecule has 0 spiro atoms. The second-order valence-corrected chi connectivity index (χ2v) is 5.82. The van der Waals surface area contributed by atoms with Crippen LogP contribution < -0.4 is 10.6 Å². The minimum Gasteiger partial charge on any atom is -0.504 e. The number of carbonyl (C=O) groups is 2. The summed E-state index contributed by atoms with van der Waals surface area (Å²) in [6.45, 7) is 4.39. The highest BCUT2D eigenvalue weighted by Crippen LogP contribution is 2.27. The monoisotopic (exact) mass is 340 g/mol. The van der Waals surface area contributed by atoms with Crippen molar-refractivity contribution in [2.24, 2.45) is 0 Å². The first-order valence-corrected chi connectivity index (χ1v) is 7.66. The largest absolute Gasteiger partial charge is 0.504 e. The Morgan fingerprint density at radius 2 is 2.00 bits per heavy atom. The number of phenols is 2. The van der Waals surface area contributed by atoms with E-state index in [9.17, 15) is 19.8 Å². The zero-order chi connectivity index (χ0) is 18.3. The zero-order valence-corrected chi connectivity index (χ0v) is 13.7. The van der Waals surface area contributed by atoms with Gasteiger partial charge in [-0.25, -0.2) is 4.79 Å². The lowest BCUT2D eigenvalue weighted by molar-refractivity contribution is -0.140. The third kappa shape index (κ3) is 6.43. The molecule has 0 radical (unpaired) electrons. The summed E-state index contributed by atoms with van der Waals surface area (Å²) in [5.41, 5.74) is 0.582. The number of aliphatic hydroxyl groups is 1. The molecule has 2 rings (SSSR count). The smallest absolute Gasteiger partial charge is 0.326 e. The highest BCUT2D eigenvalue weighted by molar-refractivity contribution is 5.87. The number of aliphatic carboxylic acids is 1. The number of nitrogens with one attached hydrogen (secondary N) is 2. The number of aromatic hydroxyl groups is 2. The summed E-state index contributed by atoms with van der Waals surface area (Å²) in [6, 6.07) is 3.97. The number of amides is 1. The van der Waals surface area contributed by atoms with E-state index in [-0.39, 0.29) is 17.4 Å². The molecule has 24 heavy (non-hydrogen) atoms. The number of carboxylic acid groups (broad SMARTS) is 1. The fraction of sp³-hybridized carbons (Fsp3) is 0.500. The molecule has 2 atom stereocenters. The summed E-state index contributed by atoms with van der Waals surface area (Å²) in [6.07, 6.45) is 0.0874. The Hall–Kier alpha value is -2.32. The summed E-state index contributed by atoms with van der Waals surface area (Å²) in [5, 5.41) is 41.8. The molecule has 0 aromatic heterocycles. The normalized spacial score (nSPS) is 17.8. The van der Waals surface area contributed by atoms with Crippen LogP contribution in [0.25, 0.3) is 0 Å². The Balaban J connectivity index is 0.000000272. The van der Waals surface area contributed by atoms with Crippen molar-refractivity contribution in [3.63, 3.8) is 0 Å². The number of hydrogen-bond acceptors (Lipinski definition) is 6. The van der Waals surface area contributed by atoms with Crippen molar-refractivity contribution >= 4 is 11.9 Å². The number of carboxylic acids is 1. The quantitative estimate of drug-likeness (QED) is 0.428. The number of phenolic OH excluding ortho intramolecular Hbond substituents is 2. The standard InChI is InChI=1S/C11H17NO3.C5H7NO3/c1-7(2)12-6-11(15)8-3-4-9(13)10(14)5-8;7-4-2-1-3(6-4)5(8)9/h3-5,7,11-15H,6H2,1-2H3;3H,1-2H2,(H,6,7)(H,8,9)/t;3-/m.0/s1. The Bertz CT molecular complexity index is 576. The van der Waals surface area contributed by atoms with Gasteiger partial charge in [-0.1, -0.05) is 19.9 Å². The van der Waals surface area contributed by atoms with Crippen LogP contribution in [0.4, 0.5) is 0 Å². The maximum absolute atomic E-state index is 10.4. The molecule has 1 saturated heterocycles. The van der Waals surface area contributed by atoms with Gasteiger partial charge in [0.1, 0.15) is 6.04 Å². The molecule has 1 aromatic rings. The van der Waals surface area contributed by atoms with E-state index < -0.39 is 18.1 Å². The molecule has 0 aliphatic carbocycles. The Morgan fingerprint density at radius 1 is 1.33 bits per heavy atom. The van der Waals surface area contributed by atoms with Gasteiger partial charge in [0.2, 0.25) is 5.91 Å². The molecular weight excluding hydrogens is 316 g/mol. The number of carbonyl (C=O) groups excluding carboxylic acids is 1. The van der Waals surface area contributed by atoms with Gasteiger partial charge in [-0.05, 0) is 24.1 Å². The summed E-state index contributed by atoms with van der Waals surface area (Å²) in [5.74, 6) is -1.50. The second-order valence-electron chi connectivity index (χ2n) is 5.82. The fourth-order valence-electron chi connectivity index (χ4n) is 2.01. The molecule has 1 aliphatic rings. The van der Waals surface area contributed by atoms with Crippen molar-refractivity contribution in [3.8, 4) is 11.5 Å². The van der Waals surface area contributed by atoms with E-state index in [2.05, 4.69) is 10.6 Å². The summed E-state index contributed by atoms with van der Waals surface area (Å²) < 4.78 is 0. The summed E-state index contributed by atoms with van der Waals surface area (Å²) in [4.78, 5) is 20.5. The van der Waals surface area contributed by atoms with E-state index in [4.69, 9.17) is 10.2 Å². The van der Waals surface area contributed by atoms with E-state index in [1.807, 2.05) is 13.8 Å². The van der Waals surface area contributed by atoms with Crippen LogP contribution >= 0.6 is 0 Å². The summed E-state index contributed by atoms with van der Waals surface area (Å²) >= 11 is 0. The van der Waals surface area contributed by atoms with Crippen molar-refractivity contribution in [3.05, 3.63) is 23.8 Å². The minimum absolute atomic E-state index is 0.164. The molecule has 1 heterocycles. The fourth-order valence-corrected chi connectivity index (χ4v) is 2.01. The lowest BCUT2D eigenvalue weighted by Gasteiger charge is -2.14. The van der Waals surface area contributed by atoms with Crippen LogP contribution in [0, 0.1) is 0 Å². The number of benzene rings is 1. The Kier molecular flexibility index (Phi) is 7.47. The Labute approximate surface area is 140 Å². The molecule has 1 amide bonds. The van der Waals surface area contributed by atoms with Crippen LogP contribution in [0.2, 0.25) is 0 Å². The molecule has 1 fully saturated rings. The van der Waals surface area contributed by atoms with Crippen molar-refractivity contribution < 1.29 is 30.0 Å².